The first-order valence-corrected chi connectivity index (χ1v) is 23.4. The van der Waals surface area contributed by atoms with E-state index < -0.39 is 11.9 Å². The van der Waals surface area contributed by atoms with Crippen LogP contribution in [0.5, 0.6) is 5.75 Å². The topological polar surface area (TPSA) is 149 Å². The fourth-order valence-electron chi connectivity index (χ4n) is 9.99. The summed E-state index contributed by atoms with van der Waals surface area (Å²) in [6.45, 7) is 5.57. The molecule has 4 aliphatic rings. The van der Waals surface area contributed by atoms with Crippen molar-refractivity contribution in [2.24, 2.45) is 11.8 Å². The van der Waals surface area contributed by atoms with Gasteiger partial charge >= 0.3 is 6.03 Å². The van der Waals surface area contributed by atoms with Crippen LogP contribution in [0.1, 0.15) is 64.4 Å². The number of aryl methyl sites for hydroxylation is 1. The number of fused-ring (bicyclic) bond motifs is 3. The van der Waals surface area contributed by atoms with E-state index in [0.29, 0.717) is 76.7 Å². The van der Waals surface area contributed by atoms with E-state index in [4.69, 9.17) is 16.3 Å². The zero-order valence-corrected chi connectivity index (χ0v) is 38.4. The summed E-state index contributed by atoms with van der Waals surface area (Å²) in [6.07, 6.45) is 4.93. The largest absolute Gasteiger partial charge is 0.483 e. The number of nitrogens with zero attached hydrogens (tertiary/aromatic N) is 4. The summed E-state index contributed by atoms with van der Waals surface area (Å²) in [4.78, 5) is 79.5. The molecule has 3 aliphatic heterocycles. The Hall–Kier alpha value is -6.16. The number of benzene rings is 4. The molecular formula is C50H52ClFN6O7S. The molecule has 4 aromatic carbocycles. The Morgan fingerprint density at radius 1 is 0.970 bits per heavy atom. The number of likely N-dealkylation sites (tertiary alicyclic amines) is 1. The average Bonchev–Trinajstić information content (AvgIpc) is 3.65. The molecule has 1 aromatic heterocycles. The number of aldehydes is 3. The molecule has 2 N–H and O–H groups in total. The highest BCUT2D eigenvalue weighted by atomic mass is 35.5. The minimum absolute atomic E-state index is 0.0167. The van der Waals surface area contributed by atoms with E-state index in [0.717, 1.165) is 90.3 Å². The van der Waals surface area contributed by atoms with Gasteiger partial charge in [-0.2, -0.15) is 5.12 Å². The number of anilines is 3. The first-order chi connectivity index (χ1) is 32.0. The van der Waals surface area contributed by atoms with Crippen LogP contribution < -0.4 is 20.3 Å². The van der Waals surface area contributed by atoms with Gasteiger partial charge in [0, 0.05) is 69.0 Å². The Morgan fingerprint density at radius 3 is 2.42 bits per heavy atom. The van der Waals surface area contributed by atoms with Gasteiger partial charge in [-0.15, -0.1) is 11.3 Å². The molecule has 3 atom stereocenters. The molecule has 2 bridgehead atoms. The lowest BCUT2D eigenvalue weighted by Gasteiger charge is -2.54. The predicted molar refractivity (Wildman–Crippen MR) is 255 cm³/mol. The number of thiophene rings is 1. The smallest absolute Gasteiger partial charge is 0.321 e. The van der Waals surface area contributed by atoms with Crippen LogP contribution in [0.25, 0.3) is 21.2 Å². The lowest BCUT2D eigenvalue weighted by Crippen LogP contribution is -2.60. The van der Waals surface area contributed by atoms with E-state index in [1.807, 2.05) is 78.6 Å². The molecule has 0 radical (unpaired) electrons. The molecule has 3 unspecified atom stereocenters. The van der Waals surface area contributed by atoms with Gasteiger partial charge in [0.1, 0.15) is 22.8 Å². The van der Waals surface area contributed by atoms with Crippen LogP contribution in [0.4, 0.5) is 26.3 Å². The van der Waals surface area contributed by atoms with Crippen molar-refractivity contribution in [1.82, 2.24) is 14.9 Å². The highest BCUT2D eigenvalue weighted by Gasteiger charge is 2.46. The zero-order valence-electron chi connectivity index (χ0n) is 36.8. The van der Waals surface area contributed by atoms with E-state index in [2.05, 4.69) is 27.7 Å². The number of ether oxygens (including phenoxy) is 1. The van der Waals surface area contributed by atoms with Gasteiger partial charge in [0.15, 0.2) is 18.3 Å². The second-order valence-electron chi connectivity index (χ2n) is 17.4. The summed E-state index contributed by atoms with van der Waals surface area (Å²) in [5.41, 5.74) is 6.30. The molecule has 16 heteroatoms. The van der Waals surface area contributed by atoms with Gasteiger partial charge in [0.25, 0.3) is 0 Å². The van der Waals surface area contributed by atoms with Crippen LogP contribution in [0.3, 0.4) is 0 Å². The van der Waals surface area contributed by atoms with Crippen molar-refractivity contribution in [3.05, 3.63) is 105 Å². The molecule has 3 saturated heterocycles. The van der Waals surface area contributed by atoms with Gasteiger partial charge < -0.3 is 30.0 Å². The molecule has 0 spiro atoms. The molecule has 1 aliphatic carbocycles. The Bertz CT molecular complexity index is 2620. The fraction of sp³-hybridized carbons (Fsp3) is 0.360. The molecule has 4 amide bonds. The third kappa shape index (κ3) is 9.84. The van der Waals surface area contributed by atoms with Crippen molar-refractivity contribution >= 4 is 88.0 Å². The maximum absolute atomic E-state index is 13.6. The molecule has 13 nitrogen and oxygen atoms in total. The van der Waals surface area contributed by atoms with E-state index in [1.165, 1.54) is 16.2 Å². The Morgan fingerprint density at radius 2 is 1.71 bits per heavy atom. The van der Waals surface area contributed by atoms with Gasteiger partial charge in [-0.1, -0.05) is 64.6 Å². The summed E-state index contributed by atoms with van der Waals surface area (Å²) in [5, 5.41) is 9.00. The summed E-state index contributed by atoms with van der Waals surface area (Å²) in [6, 6.07) is 25.0. The van der Waals surface area contributed by atoms with Crippen molar-refractivity contribution < 1.29 is 38.0 Å². The molecule has 4 heterocycles. The van der Waals surface area contributed by atoms with Crippen molar-refractivity contribution in [3.63, 3.8) is 0 Å². The number of hydrogen-bond acceptors (Lipinski definition) is 10. The summed E-state index contributed by atoms with van der Waals surface area (Å²) in [7, 11) is 1.00. The maximum atomic E-state index is 13.6. The molecule has 66 heavy (non-hydrogen) atoms. The van der Waals surface area contributed by atoms with Crippen LogP contribution in [-0.2, 0) is 25.7 Å². The van der Waals surface area contributed by atoms with Gasteiger partial charge in [-0.3, -0.25) is 24.1 Å². The highest BCUT2D eigenvalue weighted by Crippen LogP contribution is 2.47. The second kappa shape index (κ2) is 20.6. The monoisotopic (exact) mass is 934 g/mol. The number of amides is 4. The second-order valence-corrected chi connectivity index (χ2v) is 18.9. The molecule has 5 aromatic rings. The van der Waals surface area contributed by atoms with Crippen molar-refractivity contribution in [3.8, 4) is 16.2 Å². The lowest BCUT2D eigenvalue weighted by molar-refractivity contribution is -0.143. The quantitative estimate of drug-likeness (QED) is 0.0649. The first kappa shape index (κ1) is 46.4. The number of rotatable bonds is 18. The van der Waals surface area contributed by atoms with Crippen LogP contribution in [0, 0.1) is 18.8 Å². The van der Waals surface area contributed by atoms with Crippen LogP contribution in [0.15, 0.2) is 78.9 Å². The number of urea groups is 1. The minimum Gasteiger partial charge on any atom is -0.483 e. The third-order valence-electron chi connectivity index (χ3n) is 13.3. The number of halogens is 2. The lowest BCUT2D eigenvalue weighted by atomic mass is 9.66. The molecule has 344 valence electrons. The number of nitrogens with one attached hydrogen (secondary N) is 2. The molecule has 1 saturated carbocycles. The maximum Gasteiger partial charge on any atom is 0.321 e. The SMILES string of the molecule is Cc1cccc2c(C3CCN(C(=O)Nc4cccc(CN5CC6CC(C5)C6Nc5cccc(-c6sc(C=O)c(OCC=O)c6Cl)c5)c4)CC3)ccc(N(C=O)C(C=O)CCC(=O)N(C)F)c12. The van der Waals surface area contributed by atoms with Gasteiger partial charge in [-0.05, 0) is 108 Å². The van der Waals surface area contributed by atoms with E-state index >= 15 is 0 Å². The number of carbonyl (C=O) groups excluding carboxylic acids is 6. The summed E-state index contributed by atoms with van der Waals surface area (Å²) < 4.78 is 18.9. The molecule has 4 fully saturated rings. The third-order valence-corrected chi connectivity index (χ3v) is 14.9. The Balaban J connectivity index is 0.849. The fourth-order valence-corrected chi connectivity index (χ4v) is 11.4. The average molecular weight is 936 g/mol. The summed E-state index contributed by atoms with van der Waals surface area (Å²) >= 11 is 7.86. The van der Waals surface area contributed by atoms with Gasteiger partial charge in [0.2, 0.25) is 12.3 Å². The van der Waals surface area contributed by atoms with Crippen LogP contribution in [-0.4, -0.2) is 104 Å². The standard InChI is InChI=1S/C50H52ClFN6O7S/c1-31-6-3-11-41-40(13-14-42(45(31)41)58(30-62)39(28-60)12-15-44(63)55(2)52)33-16-18-57(19-17-33)50(64)54-37-9-4-7-32(22-37)25-56-26-35-23-36(27-56)47(35)53-38-10-5-8-34(24-38)49-46(51)48(65-21-20-59)43(29-61)66-49/h3-11,13-14,20,22,24,28-30,33,35-36,39,47,53H,12,15-19,21,23,25-27H2,1-2H3,(H,54,64). The Labute approximate surface area is 391 Å². The van der Waals surface area contributed by atoms with Gasteiger partial charge in [-0.25, -0.2) is 4.79 Å². The van der Waals surface area contributed by atoms with Crippen LogP contribution in [0.2, 0.25) is 5.02 Å². The predicted octanol–water partition coefficient (Wildman–Crippen LogP) is 8.92. The normalized spacial score (nSPS) is 18.7. The minimum atomic E-state index is -0.946. The Kier molecular flexibility index (Phi) is 14.4. The number of carbonyl (C=O) groups is 6. The van der Waals surface area contributed by atoms with Gasteiger partial charge in [0.05, 0.1) is 16.6 Å². The summed E-state index contributed by atoms with van der Waals surface area (Å²) in [5.74, 6) is 0.582. The number of piperidine rings is 3. The number of hydrogen-bond donors (Lipinski definition) is 2. The van der Waals surface area contributed by atoms with E-state index in [9.17, 15) is 33.2 Å². The first-order valence-electron chi connectivity index (χ1n) is 22.2. The molecule has 9 rings (SSSR count). The molecular weight excluding hydrogens is 883 g/mol. The highest BCUT2D eigenvalue weighted by molar-refractivity contribution is 7.18. The van der Waals surface area contributed by atoms with Crippen molar-refractivity contribution in [1.29, 1.82) is 0 Å². The van der Waals surface area contributed by atoms with E-state index in [1.54, 1.807) is 0 Å². The van der Waals surface area contributed by atoms with E-state index in [-0.39, 0.29) is 42.3 Å². The van der Waals surface area contributed by atoms with Crippen molar-refractivity contribution in [2.75, 3.05) is 55.4 Å². The van der Waals surface area contributed by atoms with Crippen LogP contribution >= 0.6 is 22.9 Å². The zero-order chi connectivity index (χ0) is 46.5. The van der Waals surface area contributed by atoms with Crippen molar-refractivity contribution in [2.45, 2.75) is 63.6 Å².